The summed E-state index contributed by atoms with van der Waals surface area (Å²) in [4.78, 5) is 26.9. The number of hydrogen-bond acceptors (Lipinski definition) is 4. The van der Waals surface area contributed by atoms with Gasteiger partial charge in [0.25, 0.3) is 0 Å². The molecule has 172 valence electrons. The highest BCUT2D eigenvalue weighted by Crippen LogP contribution is 2.30. The van der Waals surface area contributed by atoms with Gasteiger partial charge in [0.2, 0.25) is 11.8 Å². The van der Waals surface area contributed by atoms with E-state index in [0.29, 0.717) is 18.5 Å². The normalized spacial score (nSPS) is 16.4. The van der Waals surface area contributed by atoms with Gasteiger partial charge in [0.1, 0.15) is 24.5 Å². The van der Waals surface area contributed by atoms with Gasteiger partial charge in [-0.1, -0.05) is 30.3 Å². The Bertz CT molecular complexity index is 904. The highest BCUT2D eigenvalue weighted by Gasteiger charge is 2.33. The van der Waals surface area contributed by atoms with Gasteiger partial charge >= 0.3 is 6.18 Å². The van der Waals surface area contributed by atoms with Crippen LogP contribution in [0.3, 0.4) is 0 Å². The molecule has 1 heterocycles. The van der Waals surface area contributed by atoms with Crippen molar-refractivity contribution in [1.82, 2.24) is 10.2 Å². The van der Waals surface area contributed by atoms with Gasteiger partial charge in [-0.2, -0.15) is 13.2 Å². The average molecular weight is 450 g/mol. The highest BCUT2D eigenvalue weighted by atomic mass is 19.4. The molecule has 6 nitrogen and oxygen atoms in total. The Labute approximate surface area is 184 Å². The topological polar surface area (TPSA) is 78.9 Å². The fourth-order valence-electron chi connectivity index (χ4n) is 3.51. The maximum atomic E-state index is 12.9. The molecule has 1 fully saturated rings. The number of rotatable bonds is 8. The lowest BCUT2D eigenvalue weighted by atomic mass is 10.0. The number of nitrogens with zero attached hydrogens (tertiary/aromatic N) is 1. The lowest BCUT2D eigenvalue weighted by molar-refractivity contribution is -0.143. The van der Waals surface area contributed by atoms with Gasteiger partial charge in [0.15, 0.2) is 0 Å². The molecule has 1 aliphatic heterocycles. The SMILES string of the molecule is O=C(NCC(O)COc1ccc(C(F)(F)F)cc1)C(c1ccccc1)N1CCCCC1=O. The summed E-state index contributed by atoms with van der Waals surface area (Å²) in [6.07, 6.45) is -3.53. The number of benzene rings is 2. The second-order valence-corrected chi connectivity index (χ2v) is 7.59. The van der Waals surface area contributed by atoms with Gasteiger partial charge in [-0.05, 0) is 42.7 Å². The van der Waals surface area contributed by atoms with Crippen molar-refractivity contribution in [3.8, 4) is 5.75 Å². The van der Waals surface area contributed by atoms with Crippen LogP contribution in [0.25, 0.3) is 0 Å². The number of aliphatic hydroxyl groups excluding tert-OH is 1. The van der Waals surface area contributed by atoms with Crippen LogP contribution >= 0.6 is 0 Å². The quantitative estimate of drug-likeness (QED) is 0.647. The number of ether oxygens (including phenoxy) is 1. The summed E-state index contributed by atoms with van der Waals surface area (Å²) < 4.78 is 43.1. The van der Waals surface area contributed by atoms with E-state index in [0.717, 1.165) is 25.0 Å². The number of nitrogens with one attached hydrogen (secondary N) is 1. The van der Waals surface area contributed by atoms with Crippen molar-refractivity contribution in [2.75, 3.05) is 19.7 Å². The molecule has 9 heteroatoms. The molecule has 2 aromatic carbocycles. The monoisotopic (exact) mass is 450 g/mol. The number of aliphatic hydroxyl groups is 1. The number of hydrogen-bond donors (Lipinski definition) is 2. The first-order valence-electron chi connectivity index (χ1n) is 10.4. The smallest absolute Gasteiger partial charge is 0.416 e. The molecule has 2 aromatic rings. The number of amides is 2. The van der Waals surface area contributed by atoms with E-state index < -0.39 is 29.8 Å². The maximum Gasteiger partial charge on any atom is 0.416 e. The van der Waals surface area contributed by atoms with Crippen molar-refractivity contribution in [3.05, 3.63) is 65.7 Å². The third kappa shape index (κ3) is 6.23. The molecule has 3 rings (SSSR count). The van der Waals surface area contributed by atoms with Crippen molar-refractivity contribution in [2.45, 2.75) is 37.6 Å². The Morgan fingerprint density at radius 1 is 1.09 bits per heavy atom. The van der Waals surface area contributed by atoms with E-state index in [9.17, 15) is 27.9 Å². The van der Waals surface area contributed by atoms with Crippen molar-refractivity contribution in [2.24, 2.45) is 0 Å². The summed E-state index contributed by atoms with van der Waals surface area (Å²) in [6.45, 7) is 0.126. The van der Waals surface area contributed by atoms with Crippen LogP contribution in [0.1, 0.15) is 36.4 Å². The summed E-state index contributed by atoms with van der Waals surface area (Å²) in [7, 11) is 0. The molecule has 0 saturated carbocycles. The van der Waals surface area contributed by atoms with Crippen LogP contribution in [-0.4, -0.2) is 47.6 Å². The lowest BCUT2D eigenvalue weighted by Gasteiger charge is -2.34. The van der Waals surface area contributed by atoms with Crippen LogP contribution in [0.15, 0.2) is 54.6 Å². The molecule has 0 bridgehead atoms. The maximum absolute atomic E-state index is 12.9. The molecule has 1 saturated heterocycles. The zero-order valence-electron chi connectivity index (χ0n) is 17.3. The Kier molecular flexibility index (Phi) is 7.74. The second kappa shape index (κ2) is 10.5. The Morgan fingerprint density at radius 2 is 1.78 bits per heavy atom. The molecule has 2 atom stereocenters. The first-order valence-corrected chi connectivity index (χ1v) is 10.4. The predicted molar refractivity (Wildman–Crippen MR) is 111 cm³/mol. The van der Waals surface area contributed by atoms with E-state index >= 15 is 0 Å². The lowest BCUT2D eigenvalue weighted by Crippen LogP contribution is -2.47. The van der Waals surface area contributed by atoms with Crippen molar-refractivity contribution in [1.29, 1.82) is 0 Å². The molecule has 1 aliphatic rings. The second-order valence-electron chi connectivity index (χ2n) is 7.59. The van der Waals surface area contributed by atoms with Crippen molar-refractivity contribution in [3.63, 3.8) is 0 Å². The molecular weight excluding hydrogens is 425 g/mol. The van der Waals surface area contributed by atoms with Gasteiger partial charge in [-0.3, -0.25) is 9.59 Å². The number of halogens is 3. The fraction of sp³-hybridized carbons (Fsp3) is 0.391. The van der Waals surface area contributed by atoms with E-state index in [1.807, 2.05) is 6.07 Å². The van der Waals surface area contributed by atoms with Gasteiger partial charge < -0.3 is 20.1 Å². The van der Waals surface area contributed by atoms with Crippen LogP contribution < -0.4 is 10.1 Å². The Hall–Kier alpha value is -3.07. The molecule has 2 amide bonds. The zero-order valence-corrected chi connectivity index (χ0v) is 17.3. The minimum Gasteiger partial charge on any atom is -0.491 e. The van der Waals surface area contributed by atoms with Crippen LogP contribution in [0.5, 0.6) is 5.75 Å². The molecule has 32 heavy (non-hydrogen) atoms. The van der Waals surface area contributed by atoms with Crippen molar-refractivity contribution < 1.29 is 32.6 Å². The molecule has 0 aromatic heterocycles. The van der Waals surface area contributed by atoms with Crippen LogP contribution in [0.4, 0.5) is 13.2 Å². The molecule has 0 radical (unpaired) electrons. The van der Waals surface area contributed by atoms with E-state index in [1.165, 1.54) is 12.1 Å². The van der Waals surface area contributed by atoms with Gasteiger partial charge in [-0.25, -0.2) is 0 Å². The van der Waals surface area contributed by atoms with Crippen molar-refractivity contribution >= 4 is 11.8 Å². The number of piperidine rings is 1. The third-order valence-electron chi connectivity index (χ3n) is 5.17. The number of carbonyl (C=O) groups is 2. The predicted octanol–water partition coefficient (Wildman–Crippen LogP) is 3.32. The average Bonchev–Trinajstić information content (AvgIpc) is 2.78. The summed E-state index contributed by atoms with van der Waals surface area (Å²) in [5, 5.41) is 12.8. The largest absolute Gasteiger partial charge is 0.491 e. The van der Waals surface area contributed by atoms with E-state index in [1.54, 1.807) is 29.2 Å². The standard InChI is InChI=1S/C23H25F3N2O4/c24-23(25,26)17-9-11-19(12-10-17)32-15-18(29)14-27-22(31)21(16-6-2-1-3-7-16)28-13-5-4-8-20(28)30/h1-3,6-7,9-12,18,21,29H,4-5,8,13-15H2,(H,27,31). The molecule has 2 N–H and O–H groups in total. The Balaban J connectivity index is 1.56. The summed E-state index contributed by atoms with van der Waals surface area (Å²) in [6, 6.07) is 12.3. The molecule has 0 aliphatic carbocycles. The van der Waals surface area contributed by atoms with E-state index in [4.69, 9.17) is 4.74 Å². The van der Waals surface area contributed by atoms with E-state index in [-0.39, 0.29) is 24.8 Å². The summed E-state index contributed by atoms with van der Waals surface area (Å²) in [5.74, 6) is -0.337. The minimum atomic E-state index is -4.44. The summed E-state index contributed by atoms with van der Waals surface area (Å²) in [5.41, 5.74) is -0.118. The molecular formula is C23H25F3N2O4. The van der Waals surface area contributed by atoms with Crippen LogP contribution in [-0.2, 0) is 15.8 Å². The van der Waals surface area contributed by atoms with E-state index in [2.05, 4.69) is 5.32 Å². The first kappa shape index (κ1) is 23.6. The first-order chi connectivity index (χ1) is 15.3. The van der Waals surface area contributed by atoms with Gasteiger partial charge in [0, 0.05) is 19.5 Å². The zero-order chi connectivity index (χ0) is 23.1. The highest BCUT2D eigenvalue weighted by molar-refractivity contribution is 5.89. The molecule has 2 unspecified atom stereocenters. The molecule has 0 spiro atoms. The van der Waals surface area contributed by atoms with Gasteiger partial charge in [-0.15, -0.1) is 0 Å². The number of likely N-dealkylation sites (tertiary alicyclic amines) is 1. The number of alkyl halides is 3. The Morgan fingerprint density at radius 3 is 2.41 bits per heavy atom. The van der Waals surface area contributed by atoms with Crippen LogP contribution in [0, 0.1) is 0 Å². The summed E-state index contributed by atoms with van der Waals surface area (Å²) >= 11 is 0. The van der Waals surface area contributed by atoms with Gasteiger partial charge in [0.05, 0.1) is 5.56 Å². The fourth-order valence-corrected chi connectivity index (χ4v) is 3.51. The third-order valence-corrected chi connectivity index (χ3v) is 5.17. The van der Waals surface area contributed by atoms with Crippen LogP contribution in [0.2, 0.25) is 0 Å². The minimum absolute atomic E-state index is 0.0913. The number of carbonyl (C=O) groups excluding carboxylic acids is 2.